The highest BCUT2D eigenvalue weighted by atomic mass is 35.5. The first-order valence-electron chi connectivity index (χ1n) is 7.60. The normalized spacial score (nSPS) is 18.9. The van der Waals surface area contributed by atoms with Crippen LogP contribution in [0.15, 0.2) is 24.3 Å². The SMILES string of the molecule is CC[C@@H](NC(=O)NCC1([S@@](C)=O)CCC1)c1cccc(Cl)c1. The van der Waals surface area contributed by atoms with Gasteiger partial charge in [0.25, 0.3) is 0 Å². The molecule has 2 atom stereocenters. The van der Waals surface area contributed by atoms with E-state index < -0.39 is 10.8 Å². The molecular formula is C16H23ClN2O2S. The van der Waals surface area contributed by atoms with Gasteiger partial charge in [0, 0.05) is 28.6 Å². The van der Waals surface area contributed by atoms with Gasteiger partial charge in [0.1, 0.15) is 0 Å². The summed E-state index contributed by atoms with van der Waals surface area (Å²) in [7, 11) is -0.912. The Hall–Kier alpha value is -1.07. The standard InChI is InChI=1S/C16H23ClN2O2S/c1-3-14(12-6-4-7-13(17)10-12)19-15(20)18-11-16(22(2)21)8-5-9-16/h4,6-7,10,14H,3,5,8-9,11H2,1-2H3,(H2,18,19,20)/t14-,22-/m1/s1. The zero-order chi connectivity index (χ0) is 16.2. The van der Waals surface area contributed by atoms with Crippen LogP contribution in [0.25, 0.3) is 0 Å². The van der Waals surface area contributed by atoms with Gasteiger partial charge in [-0.3, -0.25) is 4.21 Å². The van der Waals surface area contributed by atoms with Crippen molar-refractivity contribution < 1.29 is 9.00 Å². The fourth-order valence-electron chi connectivity index (χ4n) is 2.73. The largest absolute Gasteiger partial charge is 0.337 e. The summed E-state index contributed by atoms with van der Waals surface area (Å²) in [4.78, 5) is 12.1. The molecule has 0 radical (unpaired) electrons. The molecule has 1 aliphatic rings. The molecule has 0 bridgehead atoms. The second-order valence-corrected chi connectivity index (χ2v) is 8.04. The van der Waals surface area contributed by atoms with E-state index in [4.69, 9.17) is 11.6 Å². The van der Waals surface area contributed by atoms with E-state index in [-0.39, 0.29) is 16.8 Å². The van der Waals surface area contributed by atoms with Crippen LogP contribution in [0.5, 0.6) is 0 Å². The van der Waals surface area contributed by atoms with E-state index in [9.17, 15) is 9.00 Å². The Morgan fingerprint density at radius 3 is 2.68 bits per heavy atom. The van der Waals surface area contributed by atoms with Crippen molar-refractivity contribution in [2.45, 2.75) is 43.4 Å². The van der Waals surface area contributed by atoms with Crippen molar-refractivity contribution in [3.63, 3.8) is 0 Å². The maximum Gasteiger partial charge on any atom is 0.315 e. The van der Waals surface area contributed by atoms with Crippen molar-refractivity contribution in [3.8, 4) is 0 Å². The quantitative estimate of drug-likeness (QED) is 0.832. The Labute approximate surface area is 139 Å². The van der Waals surface area contributed by atoms with Crippen LogP contribution < -0.4 is 10.6 Å². The summed E-state index contributed by atoms with van der Waals surface area (Å²) in [5.74, 6) is 0. The molecule has 0 saturated heterocycles. The van der Waals surface area contributed by atoms with Gasteiger partial charge < -0.3 is 10.6 Å². The summed E-state index contributed by atoms with van der Waals surface area (Å²) >= 11 is 6.00. The molecule has 2 rings (SSSR count). The highest BCUT2D eigenvalue weighted by Gasteiger charge is 2.41. The average molecular weight is 343 g/mol. The second kappa shape index (κ2) is 7.47. The maximum absolute atomic E-state index is 12.1. The number of rotatable bonds is 6. The number of urea groups is 1. The summed E-state index contributed by atoms with van der Waals surface area (Å²) in [6.07, 6.45) is 5.42. The topological polar surface area (TPSA) is 58.2 Å². The maximum atomic E-state index is 12.1. The summed E-state index contributed by atoms with van der Waals surface area (Å²) in [6, 6.07) is 7.21. The molecule has 0 aliphatic heterocycles. The third-order valence-electron chi connectivity index (χ3n) is 4.41. The van der Waals surface area contributed by atoms with Crippen molar-refractivity contribution in [2.75, 3.05) is 12.8 Å². The van der Waals surface area contributed by atoms with E-state index in [1.807, 2.05) is 31.2 Å². The monoisotopic (exact) mass is 342 g/mol. The van der Waals surface area contributed by atoms with Crippen LogP contribution >= 0.6 is 11.6 Å². The third kappa shape index (κ3) is 4.02. The van der Waals surface area contributed by atoms with Crippen LogP contribution in [-0.2, 0) is 10.8 Å². The van der Waals surface area contributed by atoms with Crippen molar-refractivity contribution >= 4 is 28.4 Å². The molecule has 22 heavy (non-hydrogen) atoms. The molecule has 0 spiro atoms. The minimum Gasteiger partial charge on any atom is -0.337 e. The molecule has 1 aliphatic carbocycles. The lowest BCUT2D eigenvalue weighted by atomic mass is 9.84. The van der Waals surface area contributed by atoms with Crippen LogP contribution in [0.3, 0.4) is 0 Å². The predicted octanol–water partition coefficient (Wildman–Crippen LogP) is 3.39. The third-order valence-corrected chi connectivity index (χ3v) is 6.42. The minimum absolute atomic E-state index is 0.0804. The number of amides is 2. The van der Waals surface area contributed by atoms with Gasteiger partial charge in [0.05, 0.1) is 10.8 Å². The number of hydrogen-bond donors (Lipinski definition) is 2. The molecule has 0 unspecified atom stereocenters. The molecule has 0 aromatic heterocycles. The molecule has 0 heterocycles. The zero-order valence-electron chi connectivity index (χ0n) is 13.0. The second-order valence-electron chi connectivity index (χ2n) is 5.83. The summed E-state index contributed by atoms with van der Waals surface area (Å²) in [6.45, 7) is 2.48. The Morgan fingerprint density at radius 1 is 1.45 bits per heavy atom. The number of carbonyl (C=O) groups is 1. The molecule has 2 amide bonds. The molecule has 1 aromatic rings. The number of nitrogens with one attached hydrogen (secondary N) is 2. The summed E-state index contributed by atoms with van der Waals surface area (Å²) in [5, 5.41) is 6.50. The van der Waals surface area contributed by atoms with Crippen LogP contribution in [0.4, 0.5) is 4.79 Å². The van der Waals surface area contributed by atoms with Crippen LogP contribution in [0, 0.1) is 0 Å². The Balaban J connectivity index is 1.91. The molecule has 1 saturated carbocycles. The van der Waals surface area contributed by atoms with Gasteiger partial charge in [0.15, 0.2) is 0 Å². The van der Waals surface area contributed by atoms with E-state index >= 15 is 0 Å². The fraction of sp³-hybridized carbons (Fsp3) is 0.562. The predicted molar refractivity (Wildman–Crippen MR) is 91.7 cm³/mol. The van der Waals surface area contributed by atoms with Crippen LogP contribution in [-0.4, -0.2) is 27.8 Å². The number of hydrogen-bond acceptors (Lipinski definition) is 2. The summed E-state index contributed by atoms with van der Waals surface area (Å²) < 4.78 is 11.6. The lowest BCUT2D eigenvalue weighted by Crippen LogP contribution is -2.52. The van der Waals surface area contributed by atoms with Crippen molar-refractivity contribution in [1.29, 1.82) is 0 Å². The van der Waals surface area contributed by atoms with Gasteiger partial charge in [0.2, 0.25) is 0 Å². The Kier molecular flexibility index (Phi) is 5.87. The molecular weight excluding hydrogens is 320 g/mol. The van der Waals surface area contributed by atoms with Crippen molar-refractivity contribution in [3.05, 3.63) is 34.9 Å². The molecule has 122 valence electrons. The van der Waals surface area contributed by atoms with Gasteiger partial charge in [-0.05, 0) is 37.0 Å². The first-order chi connectivity index (χ1) is 10.5. The highest BCUT2D eigenvalue weighted by molar-refractivity contribution is 7.85. The van der Waals surface area contributed by atoms with Gasteiger partial charge in [-0.15, -0.1) is 0 Å². The zero-order valence-corrected chi connectivity index (χ0v) is 14.6. The van der Waals surface area contributed by atoms with Gasteiger partial charge >= 0.3 is 6.03 Å². The van der Waals surface area contributed by atoms with E-state index in [0.717, 1.165) is 31.2 Å². The number of benzene rings is 1. The Bertz CT molecular complexity index is 561. The van der Waals surface area contributed by atoms with Crippen LogP contribution in [0.2, 0.25) is 5.02 Å². The molecule has 1 aromatic carbocycles. The van der Waals surface area contributed by atoms with E-state index in [1.54, 1.807) is 6.26 Å². The van der Waals surface area contributed by atoms with Crippen LogP contribution in [0.1, 0.15) is 44.2 Å². The van der Waals surface area contributed by atoms with E-state index in [0.29, 0.717) is 11.6 Å². The van der Waals surface area contributed by atoms with Gasteiger partial charge in [-0.2, -0.15) is 0 Å². The molecule has 4 nitrogen and oxygen atoms in total. The van der Waals surface area contributed by atoms with E-state index in [1.165, 1.54) is 0 Å². The lowest BCUT2D eigenvalue weighted by Gasteiger charge is -2.39. The molecule has 2 N–H and O–H groups in total. The fourth-order valence-corrected chi connectivity index (χ4v) is 4.07. The first-order valence-corrected chi connectivity index (χ1v) is 9.54. The van der Waals surface area contributed by atoms with Gasteiger partial charge in [-0.1, -0.05) is 37.1 Å². The number of halogens is 1. The smallest absolute Gasteiger partial charge is 0.315 e. The minimum atomic E-state index is -0.912. The van der Waals surface area contributed by atoms with E-state index in [2.05, 4.69) is 10.6 Å². The first kappa shape index (κ1) is 17.3. The molecule has 1 fully saturated rings. The molecule has 6 heteroatoms. The van der Waals surface area contributed by atoms with Gasteiger partial charge in [-0.25, -0.2) is 4.79 Å². The lowest BCUT2D eigenvalue weighted by molar-refractivity contribution is 0.231. The highest BCUT2D eigenvalue weighted by Crippen LogP contribution is 2.36. The number of carbonyl (C=O) groups excluding carboxylic acids is 1. The average Bonchev–Trinajstić information content (AvgIpc) is 2.43. The van der Waals surface area contributed by atoms with Crippen molar-refractivity contribution in [1.82, 2.24) is 10.6 Å². The summed E-state index contributed by atoms with van der Waals surface area (Å²) in [5.41, 5.74) is 0.988. The van der Waals surface area contributed by atoms with Crippen molar-refractivity contribution in [2.24, 2.45) is 0 Å². The Morgan fingerprint density at radius 2 is 2.18 bits per heavy atom.